The lowest BCUT2D eigenvalue weighted by Crippen LogP contribution is -2.33. The summed E-state index contributed by atoms with van der Waals surface area (Å²) in [7, 11) is 2.12. The molecule has 7 nitrogen and oxygen atoms in total. The number of amides is 1. The second kappa shape index (κ2) is 7.77. The molecule has 1 N–H and O–H groups in total. The van der Waals surface area contributed by atoms with Crippen molar-refractivity contribution < 1.29 is 14.1 Å². The van der Waals surface area contributed by atoms with E-state index in [4.69, 9.17) is 9.26 Å². The Morgan fingerprint density at radius 1 is 1.48 bits per heavy atom. The minimum Gasteiger partial charge on any atom is -0.444 e. The van der Waals surface area contributed by atoms with Crippen molar-refractivity contribution in [1.29, 1.82) is 0 Å². The van der Waals surface area contributed by atoms with Crippen LogP contribution in [0.2, 0.25) is 0 Å². The third kappa shape index (κ3) is 6.17. The van der Waals surface area contributed by atoms with E-state index in [1.807, 2.05) is 20.8 Å². The number of carbonyl (C=O) groups excluding carboxylic acids is 1. The Morgan fingerprint density at radius 2 is 2.26 bits per heavy atom. The van der Waals surface area contributed by atoms with Gasteiger partial charge in [-0.25, -0.2) is 4.79 Å². The van der Waals surface area contributed by atoms with Crippen LogP contribution in [-0.2, 0) is 11.2 Å². The number of ether oxygens (including phenoxy) is 1. The van der Waals surface area contributed by atoms with Crippen LogP contribution < -0.4 is 5.32 Å². The molecule has 0 saturated carbocycles. The van der Waals surface area contributed by atoms with Crippen molar-refractivity contribution in [2.45, 2.75) is 58.0 Å². The van der Waals surface area contributed by atoms with Gasteiger partial charge in [-0.1, -0.05) is 5.16 Å². The van der Waals surface area contributed by atoms with E-state index >= 15 is 0 Å². The Morgan fingerprint density at radius 3 is 2.96 bits per heavy atom. The first-order chi connectivity index (χ1) is 10.8. The molecule has 1 aromatic heterocycles. The highest BCUT2D eigenvalue weighted by molar-refractivity contribution is 5.67. The van der Waals surface area contributed by atoms with Crippen molar-refractivity contribution in [3.05, 3.63) is 11.7 Å². The van der Waals surface area contributed by atoms with Crippen molar-refractivity contribution in [3.8, 4) is 0 Å². The second-order valence-corrected chi connectivity index (χ2v) is 7.18. The largest absolute Gasteiger partial charge is 0.444 e. The number of aryl methyl sites for hydroxylation is 1. The lowest BCUT2D eigenvalue weighted by atomic mass is 9.98. The fourth-order valence-electron chi connectivity index (χ4n) is 2.65. The summed E-state index contributed by atoms with van der Waals surface area (Å²) in [4.78, 5) is 18.3. The SMILES string of the molecule is CN1CCC[C@@H](c2nc(CCCNC(=O)OC(C)(C)C)no2)C1. The standard InChI is InChI=1S/C16H28N4O3/c1-16(2,3)22-15(21)17-9-5-8-13-18-14(23-19-13)12-7-6-10-20(4)11-12/h12H,5-11H2,1-4H3,(H,17,21)/t12-/m1/s1. The summed E-state index contributed by atoms with van der Waals surface area (Å²) in [6.45, 7) is 8.17. The second-order valence-electron chi connectivity index (χ2n) is 7.18. The van der Waals surface area contributed by atoms with Crippen LogP contribution in [-0.4, -0.2) is 53.4 Å². The normalized spacial score (nSPS) is 19.6. The number of hydrogen-bond donors (Lipinski definition) is 1. The summed E-state index contributed by atoms with van der Waals surface area (Å²) in [5.41, 5.74) is -0.472. The van der Waals surface area contributed by atoms with Crippen molar-refractivity contribution in [2.24, 2.45) is 0 Å². The summed E-state index contributed by atoms with van der Waals surface area (Å²) in [6.07, 6.45) is 3.31. The number of rotatable bonds is 5. The number of carbonyl (C=O) groups is 1. The van der Waals surface area contributed by atoms with E-state index in [1.165, 1.54) is 6.42 Å². The fourth-order valence-corrected chi connectivity index (χ4v) is 2.65. The number of hydrogen-bond acceptors (Lipinski definition) is 6. The number of nitrogens with zero attached hydrogens (tertiary/aromatic N) is 3. The molecular formula is C16H28N4O3. The van der Waals surface area contributed by atoms with Gasteiger partial charge < -0.3 is 19.5 Å². The monoisotopic (exact) mass is 324 g/mol. The van der Waals surface area contributed by atoms with E-state index in [-0.39, 0.29) is 0 Å². The van der Waals surface area contributed by atoms with Crippen LogP contribution in [0.15, 0.2) is 4.52 Å². The van der Waals surface area contributed by atoms with E-state index in [2.05, 4.69) is 27.4 Å². The molecule has 0 bridgehead atoms. The van der Waals surface area contributed by atoms with Crippen LogP contribution in [0, 0.1) is 0 Å². The quantitative estimate of drug-likeness (QED) is 0.837. The minimum absolute atomic E-state index is 0.342. The summed E-state index contributed by atoms with van der Waals surface area (Å²) in [6, 6.07) is 0. The Labute approximate surface area is 137 Å². The first kappa shape index (κ1) is 17.7. The molecule has 1 fully saturated rings. The first-order valence-electron chi connectivity index (χ1n) is 8.31. The van der Waals surface area contributed by atoms with Gasteiger partial charge in [0.1, 0.15) is 5.60 Å². The van der Waals surface area contributed by atoms with Crippen LogP contribution in [0.3, 0.4) is 0 Å². The van der Waals surface area contributed by atoms with E-state index in [0.717, 1.165) is 31.8 Å². The minimum atomic E-state index is -0.472. The number of piperidine rings is 1. The average Bonchev–Trinajstić information content (AvgIpc) is 2.90. The van der Waals surface area contributed by atoms with E-state index in [0.29, 0.717) is 24.7 Å². The Kier molecular flexibility index (Phi) is 5.98. The Hall–Kier alpha value is -1.63. The smallest absolute Gasteiger partial charge is 0.407 e. The summed E-state index contributed by atoms with van der Waals surface area (Å²) < 4.78 is 10.6. The predicted molar refractivity (Wildman–Crippen MR) is 86.3 cm³/mol. The van der Waals surface area contributed by atoms with Gasteiger partial charge in [-0.05, 0) is 53.6 Å². The van der Waals surface area contributed by atoms with E-state index in [9.17, 15) is 4.79 Å². The van der Waals surface area contributed by atoms with E-state index in [1.54, 1.807) is 0 Å². The molecule has 1 aliphatic heterocycles. The molecular weight excluding hydrogens is 296 g/mol. The van der Waals surface area contributed by atoms with Crippen LogP contribution in [0.5, 0.6) is 0 Å². The highest BCUT2D eigenvalue weighted by atomic mass is 16.6. The van der Waals surface area contributed by atoms with Crippen LogP contribution >= 0.6 is 0 Å². The molecule has 0 spiro atoms. The first-order valence-corrected chi connectivity index (χ1v) is 8.31. The van der Waals surface area contributed by atoms with Gasteiger partial charge in [0, 0.05) is 19.5 Å². The van der Waals surface area contributed by atoms with Gasteiger partial charge in [-0.15, -0.1) is 0 Å². The van der Waals surface area contributed by atoms with Crippen LogP contribution in [0.25, 0.3) is 0 Å². The number of alkyl carbamates (subject to hydrolysis) is 1. The highest BCUT2D eigenvalue weighted by Crippen LogP contribution is 2.24. The molecule has 0 aliphatic carbocycles. The molecule has 130 valence electrons. The molecule has 1 saturated heterocycles. The number of aromatic nitrogens is 2. The Bertz CT molecular complexity index is 510. The van der Waals surface area contributed by atoms with Crippen molar-refractivity contribution in [3.63, 3.8) is 0 Å². The molecule has 0 unspecified atom stereocenters. The van der Waals surface area contributed by atoms with Crippen LogP contribution in [0.1, 0.15) is 57.7 Å². The number of likely N-dealkylation sites (N-methyl/N-ethyl adjacent to an activating group) is 1. The lowest BCUT2D eigenvalue weighted by Gasteiger charge is -2.27. The van der Waals surface area contributed by atoms with Gasteiger partial charge >= 0.3 is 6.09 Å². The van der Waals surface area contributed by atoms with Crippen molar-refractivity contribution in [1.82, 2.24) is 20.4 Å². The summed E-state index contributed by atoms with van der Waals surface area (Å²) in [5.74, 6) is 1.79. The maximum Gasteiger partial charge on any atom is 0.407 e. The molecule has 7 heteroatoms. The topological polar surface area (TPSA) is 80.5 Å². The zero-order valence-corrected chi connectivity index (χ0v) is 14.6. The van der Waals surface area contributed by atoms with Gasteiger partial charge in [0.25, 0.3) is 0 Å². The van der Waals surface area contributed by atoms with Crippen LogP contribution in [0.4, 0.5) is 4.79 Å². The Balaban J connectivity index is 1.70. The maximum atomic E-state index is 11.5. The maximum absolute atomic E-state index is 11.5. The lowest BCUT2D eigenvalue weighted by molar-refractivity contribution is 0.0527. The van der Waals surface area contributed by atoms with Crippen molar-refractivity contribution in [2.75, 3.05) is 26.7 Å². The molecule has 2 rings (SSSR count). The molecule has 1 atom stereocenters. The fraction of sp³-hybridized carbons (Fsp3) is 0.812. The number of likely N-dealkylation sites (tertiary alicyclic amines) is 1. The summed E-state index contributed by atoms with van der Waals surface area (Å²) in [5, 5.41) is 6.78. The molecule has 1 amide bonds. The predicted octanol–water partition coefficient (Wildman–Crippen LogP) is 2.34. The van der Waals surface area contributed by atoms with E-state index < -0.39 is 11.7 Å². The highest BCUT2D eigenvalue weighted by Gasteiger charge is 2.24. The average molecular weight is 324 g/mol. The molecule has 1 aliphatic rings. The molecule has 23 heavy (non-hydrogen) atoms. The van der Waals surface area contributed by atoms with Gasteiger partial charge in [0.05, 0.1) is 5.92 Å². The van der Waals surface area contributed by atoms with Gasteiger partial charge in [-0.3, -0.25) is 0 Å². The molecule has 0 radical (unpaired) electrons. The third-order valence-corrected chi connectivity index (χ3v) is 3.70. The van der Waals surface area contributed by atoms with Crippen molar-refractivity contribution >= 4 is 6.09 Å². The molecule has 0 aromatic carbocycles. The summed E-state index contributed by atoms with van der Waals surface area (Å²) >= 11 is 0. The third-order valence-electron chi connectivity index (χ3n) is 3.70. The zero-order chi connectivity index (χ0) is 16.9. The van der Waals surface area contributed by atoms with Gasteiger partial charge in [0.2, 0.25) is 5.89 Å². The molecule has 2 heterocycles. The van der Waals surface area contributed by atoms with Gasteiger partial charge in [0.15, 0.2) is 5.82 Å². The number of nitrogens with one attached hydrogen (secondary N) is 1. The van der Waals surface area contributed by atoms with Gasteiger partial charge in [-0.2, -0.15) is 4.98 Å². The molecule has 1 aromatic rings. The zero-order valence-electron chi connectivity index (χ0n) is 14.6.